The second-order valence-corrected chi connectivity index (χ2v) is 8.17. The van der Waals surface area contributed by atoms with Gasteiger partial charge >= 0.3 is 0 Å². The summed E-state index contributed by atoms with van der Waals surface area (Å²) in [6.07, 6.45) is 0.284. The standard InChI is InChI=1S/C25H19N5O3/c1-29-25(32)19-11-5-4-10-18(19)22(28-29)24-27-26-23(33-24)16-13-21(31)30(14-16)20-12-6-8-15-7-2-3-9-17(15)20/h2-12,16H,13-14H2,1H3. The van der Waals surface area contributed by atoms with E-state index in [-0.39, 0.29) is 29.7 Å². The summed E-state index contributed by atoms with van der Waals surface area (Å²) in [6.45, 7) is 0.454. The minimum Gasteiger partial charge on any atom is -0.419 e. The number of amides is 1. The Hall–Kier alpha value is -4.33. The number of aromatic nitrogens is 4. The molecule has 5 aromatic rings. The van der Waals surface area contributed by atoms with Crippen LogP contribution in [0.1, 0.15) is 18.2 Å². The van der Waals surface area contributed by atoms with Crippen molar-refractivity contribution >= 4 is 33.1 Å². The van der Waals surface area contributed by atoms with Gasteiger partial charge in [0.2, 0.25) is 11.8 Å². The van der Waals surface area contributed by atoms with E-state index < -0.39 is 0 Å². The van der Waals surface area contributed by atoms with Gasteiger partial charge in [0.15, 0.2) is 5.69 Å². The summed E-state index contributed by atoms with van der Waals surface area (Å²) in [7, 11) is 1.59. The highest BCUT2D eigenvalue weighted by atomic mass is 16.4. The Kier molecular flexibility index (Phi) is 4.33. The lowest BCUT2D eigenvalue weighted by atomic mass is 10.1. The molecule has 8 heteroatoms. The molecule has 0 spiro atoms. The van der Waals surface area contributed by atoms with E-state index in [1.54, 1.807) is 24.1 Å². The maximum absolute atomic E-state index is 12.9. The lowest BCUT2D eigenvalue weighted by molar-refractivity contribution is -0.117. The predicted octanol–water partition coefficient (Wildman–Crippen LogP) is 3.66. The third-order valence-electron chi connectivity index (χ3n) is 6.13. The van der Waals surface area contributed by atoms with Crippen molar-refractivity contribution in [1.29, 1.82) is 0 Å². The van der Waals surface area contributed by atoms with Crippen LogP contribution in [0.25, 0.3) is 33.1 Å². The van der Waals surface area contributed by atoms with Crippen LogP contribution in [0.15, 0.2) is 75.9 Å². The maximum atomic E-state index is 12.9. The molecule has 1 aliphatic rings. The van der Waals surface area contributed by atoms with Gasteiger partial charge in [-0.2, -0.15) is 5.10 Å². The van der Waals surface area contributed by atoms with Crippen LogP contribution in [0.2, 0.25) is 0 Å². The Balaban J connectivity index is 1.36. The molecule has 0 aliphatic carbocycles. The zero-order valence-electron chi connectivity index (χ0n) is 17.8. The van der Waals surface area contributed by atoms with Gasteiger partial charge in [-0.15, -0.1) is 10.2 Å². The van der Waals surface area contributed by atoms with Gasteiger partial charge < -0.3 is 9.32 Å². The lowest BCUT2D eigenvalue weighted by Crippen LogP contribution is -2.24. The fourth-order valence-electron chi connectivity index (χ4n) is 4.50. The van der Waals surface area contributed by atoms with Gasteiger partial charge in [-0.1, -0.05) is 54.6 Å². The number of aryl methyl sites for hydroxylation is 1. The van der Waals surface area contributed by atoms with Crippen molar-refractivity contribution in [2.75, 3.05) is 11.4 Å². The minimum atomic E-state index is -0.225. The lowest BCUT2D eigenvalue weighted by Gasteiger charge is -2.18. The highest BCUT2D eigenvalue weighted by Crippen LogP contribution is 2.36. The number of carbonyl (C=O) groups is 1. The number of anilines is 1. The summed E-state index contributed by atoms with van der Waals surface area (Å²) in [5.41, 5.74) is 1.13. The van der Waals surface area contributed by atoms with Crippen molar-refractivity contribution in [3.8, 4) is 11.6 Å². The molecule has 0 radical (unpaired) electrons. The Morgan fingerprint density at radius 2 is 1.61 bits per heavy atom. The summed E-state index contributed by atoms with van der Waals surface area (Å²) < 4.78 is 7.26. The SMILES string of the molecule is Cn1nc(-c2nnc(C3CC(=O)N(c4cccc5ccccc45)C3)o2)c2ccccc2c1=O. The molecule has 0 N–H and O–H groups in total. The van der Waals surface area contributed by atoms with Crippen LogP contribution in [-0.4, -0.2) is 32.4 Å². The Bertz CT molecular complexity index is 1600. The molecule has 1 saturated heterocycles. The van der Waals surface area contributed by atoms with Crippen LogP contribution in [0.3, 0.4) is 0 Å². The largest absolute Gasteiger partial charge is 0.419 e. The Morgan fingerprint density at radius 1 is 0.879 bits per heavy atom. The van der Waals surface area contributed by atoms with Crippen molar-refractivity contribution in [3.05, 3.63) is 83.0 Å². The highest BCUT2D eigenvalue weighted by Gasteiger charge is 2.36. The first-order valence-corrected chi connectivity index (χ1v) is 10.7. The number of fused-ring (bicyclic) bond motifs is 2. The molecule has 0 saturated carbocycles. The summed E-state index contributed by atoms with van der Waals surface area (Å²) in [5, 5.41) is 16.1. The molecule has 6 rings (SSSR count). The topological polar surface area (TPSA) is 94.1 Å². The molecule has 33 heavy (non-hydrogen) atoms. The first kappa shape index (κ1) is 19.4. The van der Waals surface area contributed by atoms with Crippen LogP contribution in [0.5, 0.6) is 0 Å². The van der Waals surface area contributed by atoms with Crippen LogP contribution < -0.4 is 10.5 Å². The number of carbonyl (C=O) groups excluding carboxylic acids is 1. The summed E-state index contributed by atoms with van der Waals surface area (Å²) in [4.78, 5) is 27.1. The zero-order valence-corrected chi connectivity index (χ0v) is 17.8. The third kappa shape index (κ3) is 3.10. The molecule has 1 aliphatic heterocycles. The van der Waals surface area contributed by atoms with E-state index in [0.717, 1.165) is 16.5 Å². The van der Waals surface area contributed by atoms with Crippen molar-refractivity contribution in [3.63, 3.8) is 0 Å². The smallest absolute Gasteiger partial charge is 0.274 e. The first-order valence-electron chi connectivity index (χ1n) is 10.7. The van der Waals surface area contributed by atoms with Gasteiger partial charge in [0, 0.05) is 30.8 Å². The Labute approximate surface area is 188 Å². The van der Waals surface area contributed by atoms with E-state index in [9.17, 15) is 9.59 Å². The van der Waals surface area contributed by atoms with Crippen LogP contribution in [0.4, 0.5) is 5.69 Å². The second kappa shape index (κ2) is 7.37. The molecule has 3 aromatic carbocycles. The summed E-state index contributed by atoms with van der Waals surface area (Å²) in [5.74, 6) is 0.409. The fourth-order valence-corrected chi connectivity index (χ4v) is 4.50. The number of benzene rings is 3. The molecule has 3 heterocycles. The van der Waals surface area contributed by atoms with Crippen LogP contribution >= 0.6 is 0 Å². The van der Waals surface area contributed by atoms with Crippen molar-refractivity contribution in [2.45, 2.75) is 12.3 Å². The number of nitrogens with zero attached hydrogens (tertiary/aromatic N) is 5. The Morgan fingerprint density at radius 3 is 2.45 bits per heavy atom. The van der Waals surface area contributed by atoms with E-state index >= 15 is 0 Å². The van der Waals surface area contributed by atoms with E-state index in [1.807, 2.05) is 54.6 Å². The quantitative estimate of drug-likeness (QED) is 0.428. The van der Waals surface area contributed by atoms with Gasteiger partial charge in [0.05, 0.1) is 17.0 Å². The highest BCUT2D eigenvalue weighted by molar-refractivity contribution is 6.05. The monoisotopic (exact) mass is 437 g/mol. The normalized spacial score (nSPS) is 16.2. The van der Waals surface area contributed by atoms with Gasteiger partial charge in [-0.25, -0.2) is 4.68 Å². The number of hydrogen-bond acceptors (Lipinski definition) is 6. The second-order valence-electron chi connectivity index (χ2n) is 8.17. The molecular weight excluding hydrogens is 418 g/mol. The average molecular weight is 437 g/mol. The van der Waals surface area contributed by atoms with Crippen LogP contribution in [-0.2, 0) is 11.8 Å². The predicted molar refractivity (Wildman–Crippen MR) is 124 cm³/mol. The van der Waals surface area contributed by atoms with Crippen molar-refractivity contribution in [2.24, 2.45) is 7.05 Å². The number of hydrogen-bond donors (Lipinski definition) is 0. The minimum absolute atomic E-state index is 0.0155. The molecule has 1 fully saturated rings. The zero-order chi connectivity index (χ0) is 22.5. The van der Waals surface area contributed by atoms with Gasteiger partial charge in [0.25, 0.3) is 11.4 Å². The van der Waals surface area contributed by atoms with Gasteiger partial charge in [-0.05, 0) is 17.5 Å². The molecule has 1 unspecified atom stereocenters. The van der Waals surface area contributed by atoms with E-state index in [4.69, 9.17) is 4.42 Å². The van der Waals surface area contributed by atoms with Gasteiger partial charge in [0.1, 0.15) is 0 Å². The summed E-state index contributed by atoms with van der Waals surface area (Å²) >= 11 is 0. The molecule has 162 valence electrons. The molecule has 1 atom stereocenters. The molecule has 2 aromatic heterocycles. The average Bonchev–Trinajstić information content (AvgIpc) is 3.48. The molecule has 0 bridgehead atoms. The van der Waals surface area contributed by atoms with E-state index in [2.05, 4.69) is 15.3 Å². The molecule has 1 amide bonds. The van der Waals surface area contributed by atoms with Crippen molar-refractivity contribution in [1.82, 2.24) is 20.0 Å². The van der Waals surface area contributed by atoms with Crippen LogP contribution in [0, 0.1) is 0 Å². The van der Waals surface area contributed by atoms with E-state index in [1.165, 1.54) is 4.68 Å². The molecule has 8 nitrogen and oxygen atoms in total. The van der Waals surface area contributed by atoms with Gasteiger partial charge in [-0.3, -0.25) is 9.59 Å². The maximum Gasteiger partial charge on any atom is 0.274 e. The molecular formula is C25H19N5O3. The number of rotatable bonds is 3. The first-order chi connectivity index (χ1) is 16.1. The fraction of sp³-hybridized carbons (Fsp3) is 0.160. The summed E-state index contributed by atoms with van der Waals surface area (Å²) in [6, 6.07) is 21.2. The third-order valence-corrected chi connectivity index (χ3v) is 6.13. The van der Waals surface area contributed by atoms with Crippen molar-refractivity contribution < 1.29 is 9.21 Å². The van der Waals surface area contributed by atoms with E-state index in [0.29, 0.717) is 28.9 Å².